The molecule has 0 radical (unpaired) electrons. The zero-order chi connectivity index (χ0) is 22.5. The Bertz CT molecular complexity index is 1610. The van der Waals surface area contributed by atoms with Crippen LogP contribution in [-0.2, 0) is 0 Å². The maximum absolute atomic E-state index is 6.04. The quantitative estimate of drug-likeness (QED) is 0.331. The third-order valence-corrected chi connectivity index (χ3v) is 6.54. The summed E-state index contributed by atoms with van der Waals surface area (Å²) in [7, 11) is 0. The molecule has 0 bridgehead atoms. The molecule has 6 aromatic rings. The third kappa shape index (κ3) is 3.44. The number of pyridine rings is 1. The molecular formula is C24H18ClN7S. The van der Waals surface area contributed by atoms with Gasteiger partial charge in [0.2, 0.25) is 10.9 Å². The van der Waals surface area contributed by atoms with Gasteiger partial charge in [-0.15, -0.1) is 16.4 Å². The Hall–Kier alpha value is -3.75. The molecule has 6 rings (SSSR count). The van der Waals surface area contributed by atoms with E-state index in [9.17, 15) is 0 Å². The number of anilines is 2. The van der Waals surface area contributed by atoms with Gasteiger partial charge in [0.1, 0.15) is 5.82 Å². The summed E-state index contributed by atoms with van der Waals surface area (Å²) in [6, 6.07) is 19.7. The number of nitrogens with one attached hydrogen (secondary N) is 1. The molecule has 0 aliphatic rings. The van der Waals surface area contributed by atoms with Gasteiger partial charge < -0.3 is 5.32 Å². The number of aryl methyl sites for hydroxylation is 2. The van der Waals surface area contributed by atoms with Crippen molar-refractivity contribution in [1.82, 2.24) is 29.4 Å². The van der Waals surface area contributed by atoms with E-state index in [1.807, 2.05) is 82.2 Å². The molecule has 0 aliphatic heterocycles. The number of halogens is 1. The maximum Gasteiger partial charge on any atom is 0.249 e. The number of hydrogen-bond acceptors (Lipinski definition) is 6. The molecule has 2 aromatic carbocycles. The van der Waals surface area contributed by atoms with Gasteiger partial charge >= 0.3 is 0 Å². The van der Waals surface area contributed by atoms with E-state index in [0.29, 0.717) is 16.8 Å². The van der Waals surface area contributed by atoms with E-state index in [0.717, 1.165) is 44.2 Å². The van der Waals surface area contributed by atoms with Gasteiger partial charge in [-0.3, -0.25) is 0 Å². The molecule has 0 saturated heterocycles. The van der Waals surface area contributed by atoms with Crippen LogP contribution in [0.1, 0.15) is 11.3 Å². The van der Waals surface area contributed by atoms with Gasteiger partial charge in [0.15, 0.2) is 5.65 Å². The lowest BCUT2D eigenvalue weighted by Crippen LogP contribution is -2.01. The van der Waals surface area contributed by atoms with Gasteiger partial charge in [-0.1, -0.05) is 41.9 Å². The molecule has 0 amide bonds. The lowest BCUT2D eigenvalue weighted by molar-refractivity contribution is 0.878. The van der Waals surface area contributed by atoms with Gasteiger partial charge in [0.05, 0.1) is 17.1 Å². The van der Waals surface area contributed by atoms with Crippen molar-refractivity contribution in [3.8, 4) is 16.9 Å². The van der Waals surface area contributed by atoms with Crippen molar-refractivity contribution in [1.29, 1.82) is 0 Å². The molecule has 0 fully saturated rings. The number of fused-ring (bicyclic) bond motifs is 2. The van der Waals surface area contributed by atoms with Crippen molar-refractivity contribution >= 4 is 50.7 Å². The average molecular weight is 472 g/mol. The highest BCUT2D eigenvalue weighted by atomic mass is 35.5. The van der Waals surface area contributed by atoms with Gasteiger partial charge in [-0.25, -0.2) is 14.2 Å². The lowest BCUT2D eigenvalue weighted by atomic mass is 10.1. The molecule has 0 saturated carbocycles. The molecule has 0 atom stereocenters. The highest BCUT2D eigenvalue weighted by Crippen LogP contribution is 2.29. The van der Waals surface area contributed by atoms with Crippen LogP contribution in [0.3, 0.4) is 0 Å². The van der Waals surface area contributed by atoms with Gasteiger partial charge in [-0.05, 0) is 49.7 Å². The second kappa shape index (κ2) is 7.68. The van der Waals surface area contributed by atoms with Crippen molar-refractivity contribution < 1.29 is 0 Å². The van der Waals surface area contributed by atoms with E-state index in [4.69, 9.17) is 21.7 Å². The van der Waals surface area contributed by atoms with E-state index < -0.39 is 0 Å². The summed E-state index contributed by atoms with van der Waals surface area (Å²) in [5, 5.41) is 16.5. The van der Waals surface area contributed by atoms with Gasteiger partial charge in [0.25, 0.3) is 0 Å². The predicted octanol–water partition coefficient (Wildman–Crippen LogP) is 6.21. The number of rotatable bonds is 4. The van der Waals surface area contributed by atoms with Crippen molar-refractivity contribution in [3.63, 3.8) is 0 Å². The summed E-state index contributed by atoms with van der Waals surface area (Å²) in [6.45, 7) is 4.07. The molecule has 0 aliphatic carbocycles. The third-order valence-electron chi connectivity index (χ3n) is 5.47. The largest absolute Gasteiger partial charge is 0.307 e. The fourth-order valence-electron chi connectivity index (χ4n) is 3.98. The summed E-state index contributed by atoms with van der Waals surface area (Å²) in [5.74, 6) is 1.16. The first-order valence-corrected chi connectivity index (χ1v) is 11.6. The zero-order valence-corrected chi connectivity index (χ0v) is 19.4. The van der Waals surface area contributed by atoms with Crippen LogP contribution >= 0.6 is 22.9 Å². The fourth-order valence-corrected chi connectivity index (χ4v) is 4.94. The van der Waals surface area contributed by atoms with Crippen molar-refractivity contribution in [2.24, 2.45) is 0 Å². The van der Waals surface area contributed by atoms with Crippen LogP contribution in [0, 0.1) is 13.8 Å². The lowest BCUT2D eigenvalue weighted by Gasteiger charge is -2.06. The highest BCUT2D eigenvalue weighted by Gasteiger charge is 2.16. The molecular weight excluding hydrogens is 454 g/mol. The average Bonchev–Trinajstić information content (AvgIpc) is 3.48. The molecule has 0 spiro atoms. The molecule has 4 aromatic heterocycles. The maximum atomic E-state index is 6.04. The molecule has 33 heavy (non-hydrogen) atoms. The smallest absolute Gasteiger partial charge is 0.249 e. The number of aromatic nitrogens is 6. The molecule has 9 heteroatoms. The first-order chi connectivity index (χ1) is 16.1. The molecule has 1 N–H and O–H groups in total. The van der Waals surface area contributed by atoms with Crippen molar-refractivity contribution in [3.05, 3.63) is 82.3 Å². The van der Waals surface area contributed by atoms with Gasteiger partial charge in [-0.2, -0.15) is 10.1 Å². The fraction of sp³-hybridized carbons (Fsp3) is 0.0833. The topological polar surface area (TPSA) is 72.9 Å². The zero-order valence-electron chi connectivity index (χ0n) is 17.8. The number of benzene rings is 2. The standard InChI is InChI=1S/C24H18ClN7S/c1-14-12-20(26-22-21(14)15(2)29-31(22)18-6-4-3-5-7-18)27-23-28-24-32(30-23)19(13-33-24)16-8-10-17(25)11-9-16/h3-13H,1-2H3,(H,26,27,30). The second-order valence-electron chi connectivity index (χ2n) is 7.74. The summed E-state index contributed by atoms with van der Waals surface area (Å²) in [5.41, 5.74) is 5.78. The number of thiazole rings is 1. The molecule has 162 valence electrons. The molecule has 7 nitrogen and oxygen atoms in total. The van der Waals surface area contributed by atoms with Crippen LogP contribution in [0.2, 0.25) is 5.02 Å². The Kier molecular flexibility index (Phi) is 4.63. The Labute approximate surface area is 198 Å². The summed E-state index contributed by atoms with van der Waals surface area (Å²) < 4.78 is 3.71. The summed E-state index contributed by atoms with van der Waals surface area (Å²) in [6.07, 6.45) is 0. The monoisotopic (exact) mass is 471 g/mol. The van der Waals surface area contributed by atoms with E-state index in [2.05, 4.69) is 22.3 Å². The summed E-state index contributed by atoms with van der Waals surface area (Å²) >= 11 is 7.57. The first-order valence-electron chi connectivity index (χ1n) is 10.4. The Morgan fingerprint density at radius 3 is 2.52 bits per heavy atom. The van der Waals surface area contributed by atoms with E-state index in [1.54, 1.807) is 0 Å². The Balaban J connectivity index is 1.40. The van der Waals surface area contributed by atoms with Crippen LogP contribution in [0.15, 0.2) is 66.0 Å². The van der Waals surface area contributed by atoms with Crippen LogP contribution < -0.4 is 5.32 Å². The first kappa shape index (κ1) is 19.9. The van der Waals surface area contributed by atoms with Gasteiger partial charge in [0, 0.05) is 21.4 Å². The minimum absolute atomic E-state index is 0.491. The van der Waals surface area contributed by atoms with Crippen LogP contribution in [0.4, 0.5) is 11.8 Å². The van der Waals surface area contributed by atoms with Crippen LogP contribution in [-0.4, -0.2) is 29.4 Å². The number of hydrogen-bond donors (Lipinski definition) is 1. The summed E-state index contributed by atoms with van der Waals surface area (Å²) in [4.78, 5) is 10.3. The molecule has 4 heterocycles. The van der Waals surface area contributed by atoms with E-state index in [1.165, 1.54) is 11.3 Å². The Morgan fingerprint density at radius 1 is 0.939 bits per heavy atom. The second-order valence-corrected chi connectivity index (χ2v) is 9.01. The normalized spacial score (nSPS) is 11.5. The minimum atomic E-state index is 0.491. The minimum Gasteiger partial charge on any atom is -0.307 e. The van der Waals surface area contributed by atoms with E-state index in [-0.39, 0.29) is 0 Å². The number of nitrogens with zero attached hydrogens (tertiary/aromatic N) is 6. The SMILES string of the molecule is Cc1cc(Nc2nc3scc(-c4ccc(Cl)cc4)n3n2)nc2c1c(C)nn2-c1ccccc1. The molecule has 0 unspecified atom stereocenters. The van der Waals surface area contributed by atoms with Crippen molar-refractivity contribution in [2.75, 3.05) is 5.32 Å². The van der Waals surface area contributed by atoms with Crippen molar-refractivity contribution in [2.45, 2.75) is 13.8 Å². The van der Waals surface area contributed by atoms with Crippen LogP contribution in [0.5, 0.6) is 0 Å². The van der Waals surface area contributed by atoms with Crippen LogP contribution in [0.25, 0.3) is 32.9 Å². The number of para-hydroxylation sites is 1. The predicted molar refractivity (Wildman–Crippen MR) is 133 cm³/mol. The highest BCUT2D eigenvalue weighted by molar-refractivity contribution is 7.15. The van der Waals surface area contributed by atoms with E-state index >= 15 is 0 Å². The Morgan fingerprint density at radius 2 is 1.73 bits per heavy atom.